The molecule has 4 heteroatoms. The van der Waals surface area contributed by atoms with Crippen molar-refractivity contribution in [1.29, 1.82) is 0 Å². The zero-order valence-corrected chi connectivity index (χ0v) is 12.2. The number of para-hydroxylation sites is 2. The summed E-state index contributed by atoms with van der Waals surface area (Å²) < 4.78 is 16.5. The van der Waals surface area contributed by atoms with Crippen LogP contribution in [0, 0.1) is 0 Å². The lowest BCUT2D eigenvalue weighted by Crippen LogP contribution is -2.30. The highest BCUT2D eigenvalue weighted by molar-refractivity contribution is 5.81. The van der Waals surface area contributed by atoms with Gasteiger partial charge in [0.25, 0.3) is 0 Å². The van der Waals surface area contributed by atoms with Crippen LogP contribution in [0.4, 0.5) is 0 Å². The highest BCUT2D eigenvalue weighted by Gasteiger charge is 2.15. The van der Waals surface area contributed by atoms with E-state index in [1.165, 1.54) is 0 Å². The van der Waals surface area contributed by atoms with E-state index in [1.807, 2.05) is 60.7 Å². The Labute approximate surface area is 129 Å². The minimum absolute atomic E-state index is 0.205. The summed E-state index contributed by atoms with van der Waals surface area (Å²) >= 11 is 0. The third kappa shape index (κ3) is 5.32. The van der Waals surface area contributed by atoms with E-state index in [1.54, 1.807) is 0 Å². The molecule has 2 aromatic rings. The van der Waals surface area contributed by atoms with Crippen LogP contribution in [0.3, 0.4) is 0 Å². The molecule has 0 aliphatic rings. The first-order valence-electron chi connectivity index (χ1n) is 6.96. The zero-order valence-electron chi connectivity index (χ0n) is 12.2. The van der Waals surface area contributed by atoms with Crippen molar-refractivity contribution in [2.24, 2.45) is 0 Å². The molecule has 0 bridgehead atoms. The topological polar surface area (TPSA) is 44.8 Å². The Bertz CT molecular complexity index is 537. The van der Waals surface area contributed by atoms with Crippen LogP contribution in [0.5, 0.6) is 11.5 Å². The van der Waals surface area contributed by atoms with Crippen LogP contribution in [-0.2, 0) is 9.53 Å². The van der Waals surface area contributed by atoms with Gasteiger partial charge < -0.3 is 14.2 Å². The Balaban J connectivity index is 1.90. The average molecular weight is 298 g/mol. The smallest absolute Gasteiger partial charge is 0.330 e. The van der Waals surface area contributed by atoms with Gasteiger partial charge in [-0.1, -0.05) is 43.0 Å². The Morgan fingerprint density at radius 2 is 1.36 bits per heavy atom. The van der Waals surface area contributed by atoms with Crippen LogP contribution in [0.1, 0.15) is 0 Å². The SMILES string of the molecule is C=CC(=O)OC(COc1ccccc1)COc1ccccc1. The summed E-state index contributed by atoms with van der Waals surface area (Å²) in [5.74, 6) is 0.919. The van der Waals surface area contributed by atoms with Crippen molar-refractivity contribution in [3.05, 3.63) is 73.3 Å². The van der Waals surface area contributed by atoms with Crippen molar-refractivity contribution in [2.45, 2.75) is 6.10 Å². The van der Waals surface area contributed by atoms with Gasteiger partial charge >= 0.3 is 5.97 Å². The Hall–Kier alpha value is -2.75. The van der Waals surface area contributed by atoms with Gasteiger partial charge in [0.1, 0.15) is 24.7 Å². The fourth-order valence-corrected chi connectivity index (χ4v) is 1.74. The van der Waals surface area contributed by atoms with Gasteiger partial charge in [-0.25, -0.2) is 4.79 Å². The van der Waals surface area contributed by atoms with E-state index in [0.717, 1.165) is 6.08 Å². The first kappa shape index (κ1) is 15.6. The molecule has 0 unspecified atom stereocenters. The summed E-state index contributed by atoms with van der Waals surface area (Å²) in [5.41, 5.74) is 0. The van der Waals surface area contributed by atoms with Crippen molar-refractivity contribution in [1.82, 2.24) is 0 Å². The van der Waals surface area contributed by atoms with Gasteiger partial charge in [0.15, 0.2) is 6.10 Å². The average Bonchev–Trinajstić information content (AvgIpc) is 2.59. The normalized spacial score (nSPS) is 10.0. The zero-order chi connectivity index (χ0) is 15.6. The molecule has 0 amide bonds. The molecule has 2 rings (SSSR count). The standard InChI is InChI=1S/C18H18O4/c1-2-18(19)22-17(13-20-15-9-5-3-6-10-15)14-21-16-11-7-4-8-12-16/h2-12,17H,1,13-14H2. The maximum atomic E-state index is 11.4. The van der Waals surface area contributed by atoms with Crippen molar-refractivity contribution < 1.29 is 19.0 Å². The number of hydrogen-bond acceptors (Lipinski definition) is 4. The maximum Gasteiger partial charge on any atom is 0.330 e. The minimum atomic E-state index is -0.522. The van der Waals surface area contributed by atoms with E-state index >= 15 is 0 Å². The molecule has 0 aliphatic heterocycles. The summed E-state index contributed by atoms with van der Waals surface area (Å²) in [7, 11) is 0. The molecule has 2 aromatic carbocycles. The van der Waals surface area contributed by atoms with Gasteiger partial charge in [0.05, 0.1) is 0 Å². The summed E-state index contributed by atoms with van der Waals surface area (Å²) in [6.07, 6.45) is 0.601. The lowest BCUT2D eigenvalue weighted by atomic mass is 10.3. The Kier molecular flexibility index (Phi) is 6.05. The first-order valence-corrected chi connectivity index (χ1v) is 6.96. The molecule has 114 valence electrons. The Morgan fingerprint density at radius 1 is 0.909 bits per heavy atom. The number of hydrogen-bond donors (Lipinski definition) is 0. The van der Waals surface area contributed by atoms with Crippen molar-refractivity contribution >= 4 is 5.97 Å². The van der Waals surface area contributed by atoms with Gasteiger partial charge in [-0.15, -0.1) is 0 Å². The summed E-state index contributed by atoms with van der Waals surface area (Å²) in [5, 5.41) is 0. The van der Waals surface area contributed by atoms with Crippen LogP contribution < -0.4 is 9.47 Å². The number of benzene rings is 2. The summed E-state index contributed by atoms with van der Waals surface area (Å²) in [6, 6.07) is 18.7. The molecule has 0 aliphatic carbocycles. The van der Waals surface area contributed by atoms with Crippen LogP contribution in [0.25, 0.3) is 0 Å². The molecule has 0 radical (unpaired) electrons. The first-order chi connectivity index (χ1) is 10.8. The van der Waals surface area contributed by atoms with Gasteiger partial charge in [-0.3, -0.25) is 0 Å². The van der Waals surface area contributed by atoms with E-state index in [4.69, 9.17) is 14.2 Å². The number of ether oxygens (including phenoxy) is 3. The Morgan fingerprint density at radius 3 is 1.77 bits per heavy atom. The maximum absolute atomic E-state index is 11.4. The molecule has 0 saturated heterocycles. The highest BCUT2D eigenvalue weighted by Crippen LogP contribution is 2.12. The third-order valence-corrected chi connectivity index (χ3v) is 2.81. The van der Waals surface area contributed by atoms with E-state index in [2.05, 4.69) is 6.58 Å². The van der Waals surface area contributed by atoms with E-state index in [9.17, 15) is 4.79 Å². The van der Waals surface area contributed by atoms with Crippen LogP contribution in [0.15, 0.2) is 73.3 Å². The quantitative estimate of drug-likeness (QED) is 0.554. The molecule has 0 heterocycles. The number of carbonyl (C=O) groups excluding carboxylic acids is 1. The molecule has 0 spiro atoms. The lowest BCUT2D eigenvalue weighted by Gasteiger charge is -2.18. The highest BCUT2D eigenvalue weighted by atomic mass is 16.6. The third-order valence-electron chi connectivity index (χ3n) is 2.81. The van der Waals surface area contributed by atoms with Crippen LogP contribution in [-0.4, -0.2) is 25.3 Å². The minimum Gasteiger partial charge on any atom is -0.490 e. The van der Waals surface area contributed by atoms with Gasteiger partial charge in [-0.2, -0.15) is 0 Å². The van der Waals surface area contributed by atoms with Crippen LogP contribution >= 0.6 is 0 Å². The second kappa shape index (κ2) is 8.52. The fourth-order valence-electron chi connectivity index (χ4n) is 1.74. The second-order valence-electron chi connectivity index (χ2n) is 4.51. The van der Waals surface area contributed by atoms with E-state index in [0.29, 0.717) is 11.5 Å². The molecule has 0 aromatic heterocycles. The van der Waals surface area contributed by atoms with E-state index < -0.39 is 12.1 Å². The summed E-state index contributed by atoms with van der Waals surface area (Å²) in [4.78, 5) is 11.4. The molecule has 0 fully saturated rings. The van der Waals surface area contributed by atoms with Crippen molar-refractivity contribution in [2.75, 3.05) is 13.2 Å². The molecule has 0 saturated carbocycles. The fraction of sp³-hybridized carbons (Fsp3) is 0.167. The van der Waals surface area contributed by atoms with Crippen molar-refractivity contribution in [3.63, 3.8) is 0 Å². The van der Waals surface area contributed by atoms with Gasteiger partial charge in [-0.05, 0) is 24.3 Å². The van der Waals surface area contributed by atoms with Gasteiger partial charge in [0.2, 0.25) is 0 Å². The largest absolute Gasteiger partial charge is 0.490 e. The predicted molar refractivity (Wildman–Crippen MR) is 84.0 cm³/mol. The van der Waals surface area contributed by atoms with E-state index in [-0.39, 0.29) is 13.2 Å². The number of carbonyl (C=O) groups is 1. The molecule has 0 atom stereocenters. The molecular weight excluding hydrogens is 280 g/mol. The van der Waals surface area contributed by atoms with Crippen molar-refractivity contribution in [3.8, 4) is 11.5 Å². The molecular formula is C18H18O4. The molecule has 0 N–H and O–H groups in total. The monoisotopic (exact) mass is 298 g/mol. The lowest BCUT2D eigenvalue weighted by molar-refractivity contribution is -0.146. The summed E-state index contributed by atoms with van der Waals surface area (Å²) in [6.45, 7) is 3.80. The molecule has 4 nitrogen and oxygen atoms in total. The van der Waals surface area contributed by atoms with Gasteiger partial charge in [0, 0.05) is 6.08 Å². The second-order valence-corrected chi connectivity index (χ2v) is 4.51. The number of esters is 1. The number of rotatable bonds is 8. The molecule has 22 heavy (non-hydrogen) atoms. The van der Waals surface area contributed by atoms with Crippen LogP contribution in [0.2, 0.25) is 0 Å². The predicted octanol–water partition coefficient (Wildman–Crippen LogP) is 3.24.